The number of sulfonamides is 1. The summed E-state index contributed by atoms with van der Waals surface area (Å²) in [5.74, 6) is 0.559. The minimum Gasteiger partial charge on any atom is -0.354 e. The van der Waals surface area contributed by atoms with Gasteiger partial charge >= 0.3 is 0 Å². The minimum atomic E-state index is -3.74. The average molecular weight is 372 g/mol. The predicted octanol–water partition coefficient (Wildman–Crippen LogP) is 1.40. The zero-order valence-electron chi connectivity index (χ0n) is 14.0. The van der Waals surface area contributed by atoms with Crippen LogP contribution in [-0.4, -0.2) is 37.6 Å². The molecule has 0 bridgehead atoms. The lowest BCUT2D eigenvalue weighted by Crippen LogP contribution is -2.39. The molecule has 2 aromatic carbocycles. The summed E-state index contributed by atoms with van der Waals surface area (Å²) in [5.41, 5.74) is 0.528. The molecular weight excluding hydrogens is 356 g/mol. The molecule has 1 aliphatic heterocycles. The Bertz CT molecular complexity index is 1100. The lowest BCUT2D eigenvalue weighted by molar-refractivity contribution is -0.119. The van der Waals surface area contributed by atoms with Crippen LogP contribution < -0.4 is 9.62 Å². The Morgan fingerprint density at radius 1 is 1.23 bits per heavy atom. The van der Waals surface area contributed by atoms with Crippen molar-refractivity contribution in [1.29, 1.82) is 0 Å². The van der Waals surface area contributed by atoms with E-state index in [9.17, 15) is 13.2 Å². The second-order valence-corrected chi connectivity index (χ2v) is 7.81. The molecule has 0 spiro atoms. The highest BCUT2D eigenvalue weighted by Gasteiger charge is 2.36. The number of aryl methyl sites for hydroxylation is 1. The third kappa shape index (κ3) is 2.70. The fourth-order valence-corrected chi connectivity index (χ4v) is 4.73. The number of anilines is 1. The summed E-state index contributed by atoms with van der Waals surface area (Å²) >= 11 is 0. The van der Waals surface area contributed by atoms with Crippen LogP contribution in [0.3, 0.4) is 0 Å². The molecule has 1 aliphatic rings. The van der Waals surface area contributed by atoms with Crippen LogP contribution in [-0.2, 0) is 21.2 Å². The highest BCUT2D eigenvalue weighted by atomic mass is 32.2. The van der Waals surface area contributed by atoms with Crippen molar-refractivity contribution < 1.29 is 17.7 Å². The molecule has 1 amide bonds. The van der Waals surface area contributed by atoms with Crippen molar-refractivity contribution in [2.45, 2.75) is 18.2 Å². The molecule has 0 saturated carbocycles. The second kappa shape index (κ2) is 6.10. The van der Waals surface area contributed by atoms with Crippen LogP contribution >= 0.6 is 0 Å². The summed E-state index contributed by atoms with van der Waals surface area (Å²) in [4.78, 5) is 16.6. The second-order valence-electron chi connectivity index (χ2n) is 5.98. The van der Waals surface area contributed by atoms with Crippen molar-refractivity contribution in [1.82, 2.24) is 15.5 Å². The molecule has 0 atom stereocenters. The SMILES string of the molecule is Cc1noc(CCNC(=O)CN2c3cccc4cccc(c34)S2(=O)=O)n1. The predicted molar refractivity (Wildman–Crippen MR) is 94.2 cm³/mol. The zero-order chi connectivity index (χ0) is 18.3. The lowest BCUT2D eigenvalue weighted by atomic mass is 10.1. The van der Waals surface area contributed by atoms with Gasteiger partial charge in [0.25, 0.3) is 10.0 Å². The van der Waals surface area contributed by atoms with Gasteiger partial charge in [0.2, 0.25) is 11.8 Å². The summed E-state index contributed by atoms with van der Waals surface area (Å²) in [6.45, 7) is 1.71. The number of amides is 1. The van der Waals surface area contributed by atoms with E-state index in [4.69, 9.17) is 4.52 Å². The third-order valence-electron chi connectivity index (χ3n) is 4.20. The van der Waals surface area contributed by atoms with Crippen LogP contribution in [0.1, 0.15) is 11.7 Å². The molecule has 0 unspecified atom stereocenters. The average Bonchev–Trinajstić information content (AvgIpc) is 3.11. The van der Waals surface area contributed by atoms with Crippen molar-refractivity contribution >= 4 is 32.4 Å². The molecule has 0 aliphatic carbocycles. The van der Waals surface area contributed by atoms with Crippen molar-refractivity contribution in [3.63, 3.8) is 0 Å². The van der Waals surface area contributed by atoms with Gasteiger partial charge in [0.1, 0.15) is 6.54 Å². The fraction of sp³-hybridized carbons (Fsp3) is 0.235. The smallest absolute Gasteiger partial charge is 0.265 e. The first kappa shape index (κ1) is 16.5. The zero-order valence-corrected chi connectivity index (χ0v) is 14.8. The van der Waals surface area contributed by atoms with Gasteiger partial charge in [-0.2, -0.15) is 4.98 Å². The number of rotatable bonds is 5. The molecule has 26 heavy (non-hydrogen) atoms. The van der Waals surface area contributed by atoms with Crippen molar-refractivity contribution in [3.05, 3.63) is 48.1 Å². The number of hydrogen-bond donors (Lipinski definition) is 1. The van der Waals surface area contributed by atoms with E-state index in [1.807, 2.05) is 12.1 Å². The van der Waals surface area contributed by atoms with E-state index < -0.39 is 15.9 Å². The van der Waals surface area contributed by atoms with Gasteiger partial charge in [-0.3, -0.25) is 9.10 Å². The summed E-state index contributed by atoms with van der Waals surface area (Å²) < 4.78 is 31.7. The van der Waals surface area contributed by atoms with Gasteiger partial charge in [0, 0.05) is 18.4 Å². The first-order chi connectivity index (χ1) is 12.5. The highest BCUT2D eigenvalue weighted by Crippen LogP contribution is 2.41. The molecule has 0 fully saturated rings. The van der Waals surface area contributed by atoms with Crippen LogP contribution in [0.4, 0.5) is 5.69 Å². The number of carbonyl (C=O) groups excluding carboxylic acids is 1. The highest BCUT2D eigenvalue weighted by molar-refractivity contribution is 7.93. The molecule has 3 aromatic rings. The lowest BCUT2D eigenvalue weighted by Gasteiger charge is -2.18. The number of benzene rings is 2. The molecule has 8 nitrogen and oxygen atoms in total. The van der Waals surface area contributed by atoms with Crippen LogP contribution in [0.15, 0.2) is 45.8 Å². The Morgan fingerprint density at radius 3 is 2.73 bits per heavy atom. The molecule has 1 aromatic heterocycles. The molecule has 0 saturated heterocycles. The Labute approximate surface area is 149 Å². The first-order valence-electron chi connectivity index (χ1n) is 8.07. The standard InChI is InChI=1S/C17H16N4O4S/c1-11-19-16(25-20-11)8-9-18-15(22)10-21-13-6-2-4-12-5-3-7-14(17(12)13)26(21,23)24/h2-7H,8-10H2,1H3,(H,18,22). The van der Waals surface area contributed by atoms with E-state index in [0.29, 0.717) is 29.2 Å². The van der Waals surface area contributed by atoms with E-state index in [2.05, 4.69) is 15.5 Å². The van der Waals surface area contributed by atoms with E-state index in [0.717, 1.165) is 9.69 Å². The molecule has 9 heteroatoms. The minimum absolute atomic E-state index is 0.236. The normalized spacial score (nSPS) is 14.7. The maximum Gasteiger partial charge on any atom is 0.265 e. The van der Waals surface area contributed by atoms with Crippen molar-refractivity contribution in [3.8, 4) is 0 Å². The van der Waals surface area contributed by atoms with Crippen molar-refractivity contribution in [2.75, 3.05) is 17.4 Å². The topological polar surface area (TPSA) is 105 Å². The van der Waals surface area contributed by atoms with Gasteiger partial charge in [0.05, 0.1) is 10.6 Å². The maximum absolute atomic E-state index is 12.8. The van der Waals surface area contributed by atoms with Gasteiger partial charge in [-0.1, -0.05) is 29.4 Å². The van der Waals surface area contributed by atoms with E-state index in [1.54, 1.807) is 31.2 Å². The Kier molecular flexibility index (Phi) is 3.87. The van der Waals surface area contributed by atoms with E-state index in [1.165, 1.54) is 0 Å². The quantitative estimate of drug-likeness (QED) is 0.726. The van der Waals surface area contributed by atoms with Crippen LogP contribution in [0.5, 0.6) is 0 Å². The largest absolute Gasteiger partial charge is 0.354 e. The summed E-state index contributed by atoms with van der Waals surface area (Å²) in [6.07, 6.45) is 0.384. The number of hydrogen-bond acceptors (Lipinski definition) is 6. The molecule has 134 valence electrons. The third-order valence-corrected chi connectivity index (χ3v) is 6.00. The van der Waals surface area contributed by atoms with Gasteiger partial charge < -0.3 is 9.84 Å². The summed E-state index contributed by atoms with van der Waals surface area (Å²) in [5, 5.41) is 7.85. The Hall–Kier alpha value is -2.94. The summed E-state index contributed by atoms with van der Waals surface area (Å²) in [6, 6.07) is 10.5. The summed E-state index contributed by atoms with van der Waals surface area (Å²) in [7, 11) is -3.74. The Morgan fingerprint density at radius 2 is 2.00 bits per heavy atom. The number of aromatic nitrogens is 2. The van der Waals surface area contributed by atoms with Gasteiger partial charge in [0.15, 0.2) is 5.82 Å². The number of carbonyl (C=O) groups is 1. The monoisotopic (exact) mass is 372 g/mol. The van der Waals surface area contributed by atoms with Crippen LogP contribution in [0.2, 0.25) is 0 Å². The molecule has 4 rings (SSSR count). The van der Waals surface area contributed by atoms with Gasteiger partial charge in [-0.15, -0.1) is 0 Å². The van der Waals surface area contributed by atoms with Crippen molar-refractivity contribution in [2.24, 2.45) is 0 Å². The number of nitrogens with zero attached hydrogens (tertiary/aromatic N) is 3. The molecule has 2 heterocycles. The molecular formula is C17H16N4O4S. The molecule has 1 N–H and O–H groups in total. The van der Waals surface area contributed by atoms with Crippen LogP contribution in [0, 0.1) is 6.92 Å². The van der Waals surface area contributed by atoms with E-state index in [-0.39, 0.29) is 18.0 Å². The fourth-order valence-electron chi connectivity index (χ4n) is 3.07. The first-order valence-corrected chi connectivity index (χ1v) is 9.51. The van der Waals surface area contributed by atoms with Gasteiger partial charge in [-0.25, -0.2) is 8.42 Å². The maximum atomic E-state index is 12.8. The number of nitrogens with one attached hydrogen (secondary N) is 1. The van der Waals surface area contributed by atoms with E-state index >= 15 is 0 Å². The Balaban J connectivity index is 1.50. The van der Waals surface area contributed by atoms with Gasteiger partial charge in [-0.05, 0) is 24.4 Å². The van der Waals surface area contributed by atoms with Crippen LogP contribution in [0.25, 0.3) is 10.8 Å². The molecule has 0 radical (unpaired) electrons.